The van der Waals surface area contributed by atoms with Gasteiger partial charge in [-0.05, 0) is 18.4 Å². The average Bonchev–Trinajstić information content (AvgIpc) is 2.73. The average molecular weight is 189 g/mol. The summed E-state index contributed by atoms with van der Waals surface area (Å²) in [7, 11) is 0. The quantitative estimate of drug-likeness (QED) is 0.760. The van der Waals surface area contributed by atoms with E-state index in [-0.39, 0.29) is 0 Å². The molecule has 4 heteroatoms. The van der Waals surface area contributed by atoms with Gasteiger partial charge < -0.3 is 5.11 Å². The molecule has 0 bridgehead atoms. The van der Waals surface area contributed by atoms with Gasteiger partial charge in [-0.15, -0.1) is 0 Å². The van der Waals surface area contributed by atoms with Crippen molar-refractivity contribution in [2.75, 3.05) is 0 Å². The Balaban J connectivity index is 1.97. The second-order valence-corrected chi connectivity index (χ2v) is 4.00. The molecule has 1 N–H and O–H groups in total. The van der Waals surface area contributed by atoms with Crippen LogP contribution in [0.2, 0.25) is 0 Å². The third-order valence-electron chi connectivity index (χ3n) is 2.66. The smallest absolute Gasteiger partial charge is 0.154 e. The van der Waals surface area contributed by atoms with E-state index in [1.807, 2.05) is 18.5 Å². The van der Waals surface area contributed by atoms with Gasteiger partial charge in [-0.25, -0.2) is 9.50 Å². The largest absolute Gasteiger partial charge is 0.390 e. The van der Waals surface area contributed by atoms with Crippen molar-refractivity contribution in [3.8, 4) is 0 Å². The lowest BCUT2D eigenvalue weighted by Crippen LogP contribution is -2.11. The van der Waals surface area contributed by atoms with Gasteiger partial charge in [0, 0.05) is 24.9 Å². The highest BCUT2D eigenvalue weighted by Gasteiger charge is 2.40. The van der Waals surface area contributed by atoms with E-state index in [1.54, 1.807) is 10.7 Å². The van der Waals surface area contributed by atoms with E-state index in [9.17, 15) is 5.11 Å². The zero-order valence-corrected chi connectivity index (χ0v) is 7.72. The molecule has 0 aromatic carbocycles. The van der Waals surface area contributed by atoms with Crippen molar-refractivity contribution >= 4 is 5.65 Å². The molecular formula is C10H11N3O. The van der Waals surface area contributed by atoms with Crippen LogP contribution in [-0.4, -0.2) is 25.3 Å². The minimum absolute atomic E-state index is 0.456. The van der Waals surface area contributed by atoms with E-state index < -0.39 is 5.60 Å². The molecule has 3 rings (SSSR count). The molecule has 1 aliphatic rings. The van der Waals surface area contributed by atoms with E-state index in [1.165, 1.54) is 0 Å². The Labute approximate surface area is 81.2 Å². The Kier molecular flexibility index (Phi) is 1.44. The molecule has 1 aliphatic carbocycles. The van der Waals surface area contributed by atoms with Crippen molar-refractivity contribution in [2.24, 2.45) is 0 Å². The molecule has 0 radical (unpaired) electrons. The van der Waals surface area contributed by atoms with Gasteiger partial charge in [0.15, 0.2) is 5.65 Å². The molecule has 2 aromatic heterocycles. The van der Waals surface area contributed by atoms with Crippen LogP contribution in [-0.2, 0) is 6.42 Å². The first-order valence-corrected chi connectivity index (χ1v) is 4.76. The molecule has 0 unspecified atom stereocenters. The van der Waals surface area contributed by atoms with Crippen LogP contribution in [0.1, 0.15) is 18.4 Å². The molecule has 2 heterocycles. The zero-order chi connectivity index (χ0) is 9.60. The topological polar surface area (TPSA) is 50.4 Å². The van der Waals surface area contributed by atoms with Crippen molar-refractivity contribution in [3.63, 3.8) is 0 Å². The first-order valence-electron chi connectivity index (χ1n) is 4.76. The summed E-state index contributed by atoms with van der Waals surface area (Å²) < 4.78 is 1.74. The second kappa shape index (κ2) is 2.54. The molecule has 14 heavy (non-hydrogen) atoms. The monoisotopic (exact) mass is 189 g/mol. The predicted molar refractivity (Wildman–Crippen MR) is 50.9 cm³/mol. The fourth-order valence-electron chi connectivity index (χ4n) is 1.64. The minimum atomic E-state index is -0.456. The second-order valence-electron chi connectivity index (χ2n) is 4.00. The lowest BCUT2D eigenvalue weighted by Gasteiger charge is -2.06. The van der Waals surface area contributed by atoms with E-state index in [4.69, 9.17) is 0 Å². The third-order valence-corrected chi connectivity index (χ3v) is 2.66. The molecule has 1 saturated carbocycles. The van der Waals surface area contributed by atoms with Crippen molar-refractivity contribution in [1.82, 2.24) is 14.6 Å². The number of nitrogens with zero attached hydrogens (tertiary/aromatic N) is 3. The van der Waals surface area contributed by atoms with Crippen molar-refractivity contribution in [3.05, 3.63) is 30.2 Å². The van der Waals surface area contributed by atoms with Crippen LogP contribution in [0.5, 0.6) is 0 Å². The SMILES string of the molecule is OC1(Cc2cnc3ccnn3c2)CC1. The molecule has 0 aliphatic heterocycles. The van der Waals surface area contributed by atoms with Gasteiger partial charge in [0.05, 0.1) is 11.8 Å². The van der Waals surface area contributed by atoms with Crippen LogP contribution in [0.15, 0.2) is 24.7 Å². The number of aliphatic hydroxyl groups is 1. The van der Waals surface area contributed by atoms with E-state index in [2.05, 4.69) is 10.1 Å². The van der Waals surface area contributed by atoms with Gasteiger partial charge in [-0.1, -0.05) is 0 Å². The van der Waals surface area contributed by atoms with Gasteiger partial charge in [0.25, 0.3) is 0 Å². The molecule has 0 saturated heterocycles. The Morgan fingerprint density at radius 1 is 1.50 bits per heavy atom. The molecule has 0 amide bonds. The number of aromatic nitrogens is 3. The van der Waals surface area contributed by atoms with Gasteiger partial charge in [-0.3, -0.25) is 0 Å². The molecular weight excluding hydrogens is 178 g/mol. The summed E-state index contributed by atoms with van der Waals surface area (Å²) in [4.78, 5) is 4.24. The molecule has 1 fully saturated rings. The summed E-state index contributed by atoms with van der Waals surface area (Å²) in [5, 5.41) is 13.8. The van der Waals surface area contributed by atoms with E-state index >= 15 is 0 Å². The Morgan fingerprint density at radius 3 is 3.14 bits per heavy atom. The van der Waals surface area contributed by atoms with Gasteiger partial charge >= 0.3 is 0 Å². The molecule has 0 spiro atoms. The number of hydrogen-bond donors (Lipinski definition) is 1. The first-order chi connectivity index (χ1) is 6.75. The zero-order valence-electron chi connectivity index (χ0n) is 7.72. The molecule has 0 atom stereocenters. The van der Waals surface area contributed by atoms with Crippen LogP contribution >= 0.6 is 0 Å². The summed E-state index contributed by atoms with van der Waals surface area (Å²) in [6.07, 6.45) is 7.97. The van der Waals surface area contributed by atoms with Gasteiger partial charge in [0.2, 0.25) is 0 Å². The van der Waals surface area contributed by atoms with Crippen molar-refractivity contribution < 1.29 is 5.11 Å². The lowest BCUT2D eigenvalue weighted by atomic mass is 10.1. The molecule has 4 nitrogen and oxygen atoms in total. The maximum absolute atomic E-state index is 9.75. The molecule has 72 valence electrons. The summed E-state index contributed by atoms with van der Waals surface area (Å²) in [6, 6.07) is 1.86. The van der Waals surface area contributed by atoms with Gasteiger partial charge in [-0.2, -0.15) is 5.10 Å². The van der Waals surface area contributed by atoms with Crippen molar-refractivity contribution in [2.45, 2.75) is 24.9 Å². The lowest BCUT2D eigenvalue weighted by molar-refractivity contribution is 0.150. The Bertz CT molecular complexity index is 473. The summed E-state index contributed by atoms with van der Waals surface area (Å²) in [5.74, 6) is 0. The highest BCUT2D eigenvalue weighted by molar-refractivity contribution is 5.36. The number of hydrogen-bond acceptors (Lipinski definition) is 3. The van der Waals surface area contributed by atoms with Crippen LogP contribution < -0.4 is 0 Å². The Hall–Kier alpha value is -1.42. The Morgan fingerprint density at radius 2 is 2.36 bits per heavy atom. The summed E-state index contributed by atoms with van der Waals surface area (Å²) >= 11 is 0. The third kappa shape index (κ3) is 1.28. The van der Waals surface area contributed by atoms with Crippen molar-refractivity contribution in [1.29, 1.82) is 0 Å². The van der Waals surface area contributed by atoms with E-state index in [0.29, 0.717) is 6.42 Å². The maximum Gasteiger partial charge on any atom is 0.154 e. The highest BCUT2D eigenvalue weighted by atomic mass is 16.3. The normalized spacial score (nSPS) is 18.6. The standard InChI is InChI=1S/C10H11N3O/c14-10(2-3-10)5-8-6-11-9-1-4-12-13(9)7-8/h1,4,6-7,14H,2-3,5H2. The van der Waals surface area contributed by atoms with Crippen LogP contribution in [0, 0.1) is 0 Å². The van der Waals surface area contributed by atoms with Gasteiger partial charge in [0.1, 0.15) is 0 Å². The first kappa shape index (κ1) is 7.94. The maximum atomic E-state index is 9.75. The summed E-state index contributed by atoms with van der Waals surface area (Å²) in [5.41, 5.74) is 1.43. The summed E-state index contributed by atoms with van der Waals surface area (Å²) in [6.45, 7) is 0. The van der Waals surface area contributed by atoms with Crippen LogP contribution in [0.3, 0.4) is 0 Å². The minimum Gasteiger partial charge on any atom is -0.390 e. The fraction of sp³-hybridized carbons (Fsp3) is 0.400. The highest BCUT2D eigenvalue weighted by Crippen LogP contribution is 2.37. The number of rotatable bonds is 2. The predicted octanol–water partition coefficient (Wildman–Crippen LogP) is 0.797. The van der Waals surface area contributed by atoms with Crippen LogP contribution in [0.4, 0.5) is 0 Å². The fourth-order valence-corrected chi connectivity index (χ4v) is 1.64. The molecule has 2 aromatic rings. The number of fused-ring (bicyclic) bond motifs is 1. The van der Waals surface area contributed by atoms with E-state index in [0.717, 1.165) is 24.1 Å². The van der Waals surface area contributed by atoms with Crippen LogP contribution in [0.25, 0.3) is 5.65 Å².